The Hall–Kier alpha value is -1.18. The van der Waals surface area contributed by atoms with Gasteiger partial charge in [0.05, 0.1) is 12.5 Å². The van der Waals surface area contributed by atoms with Crippen molar-refractivity contribution >= 4 is 26.0 Å². The quantitative estimate of drug-likeness (QED) is 0.862. The number of hydrogen-bond acceptors (Lipinski definition) is 4. The molecule has 0 amide bonds. The molecule has 0 aliphatic heterocycles. The first-order valence-corrected chi connectivity index (χ1v) is 7.31. The summed E-state index contributed by atoms with van der Waals surface area (Å²) in [6.07, 6.45) is 5.89. The molecule has 0 saturated heterocycles. The van der Waals surface area contributed by atoms with Gasteiger partial charge in [0.15, 0.2) is 0 Å². The number of nitrogens with zero attached hydrogens (tertiary/aromatic N) is 2. The van der Waals surface area contributed by atoms with E-state index in [-0.39, 0.29) is 11.4 Å². The molecule has 0 aliphatic rings. The Bertz CT molecular complexity index is 625. The molecule has 7 heteroatoms. The minimum atomic E-state index is -3.54. The van der Waals surface area contributed by atoms with Crippen LogP contribution in [-0.2, 0) is 16.6 Å². The standard InChI is InChI=1S/C11H11BrN2O3S/c1-14(7-9-2-3-17-8-9)18(15,16)11-4-10(12)5-13-6-11/h2-6,8H,7H2,1H3. The molecule has 0 aliphatic carbocycles. The molecule has 0 bridgehead atoms. The van der Waals surface area contributed by atoms with Crippen LogP contribution in [0.15, 0.2) is 50.8 Å². The van der Waals surface area contributed by atoms with E-state index in [0.717, 1.165) is 5.56 Å². The third-order valence-corrected chi connectivity index (χ3v) is 4.58. The van der Waals surface area contributed by atoms with Crippen LogP contribution < -0.4 is 0 Å². The smallest absolute Gasteiger partial charge is 0.244 e. The summed E-state index contributed by atoms with van der Waals surface area (Å²) in [7, 11) is -2.02. The van der Waals surface area contributed by atoms with Gasteiger partial charge >= 0.3 is 0 Å². The first-order chi connectivity index (χ1) is 8.50. The van der Waals surface area contributed by atoms with Crippen molar-refractivity contribution in [1.29, 1.82) is 0 Å². The van der Waals surface area contributed by atoms with Crippen LogP contribution in [0.5, 0.6) is 0 Å². The molecule has 2 aromatic heterocycles. The van der Waals surface area contributed by atoms with Crippen LogP contribution in [0.4, 0.5) is 0 Å². The number of sulfonamides is 1. The van der Waals surface area contributed by atoms with Crippen LogP contribution in [-0.4, -0.2) is 24.8 Å². The highest BCUT2D eigenvalue weighted by Gasteiger charge is 2.21. The normalized spacial score (nSPS) is 11.9. The van der Waals surface area contributed by atoms with E-state index >= 15 is 0 Å². The van der Waals surface area contributed by atoms with Crippen molar-refractivity contribution in [2.45, 2.75) is 11.4 Å². The molecule has 96 valence electrons. The van der Waals surface area contributed by atoms with E-state index in [4.69, 9.17) is 4.42 Å². The Balaban J connectivity index is 2.25. The van der Waals surface area contributed by atoms with Gasteiger partial charge in [-0.25, -0.2) is 8.42 Å². The fourth-order valence-electron chi connectivity index (χ4n) is 1.44. The summed E-state index contributed by atoms with van der Waals surface area (Å²) in [6, 6.07) is 3.25. The van der Waals surface area contributed by atoms with Crippen molar-refractivity contribution in [1.82, 2.24) is 9.29 Å². The van der Waals surface area contributed by atoms with Gasteiger partial charge in [0, 0.05) is 36.0 Å². The van der Waals surface area contributed by atoms with E-state index in [9.17, 15) is 8.42 Å². The molecule has 5 nitrogen and oxygen atoms in total. The molecule has 2 heterocycles. The zero-order valence-corrected chi connectivity index (χ0v) is 12.0. The highest BCUT2D eigenvalue weighted by Crippen LogP contribution is 2.19. The molecular formula is C11H11BrN2O3S. The van der Waals surface area contributed by atoms with E-state index in [1.165, 1.54) is 42.3 Å². The summed E-state index contributed by atoms with van der Waals surface area (Å²) in [4.78, 5) is 4.01. The minimum Gasteiger partial charge on any atom is -0.472 e. The zero-order chi connectivity index (χ0) is 13.2. The second-order valence-corrected chi connectivity index (χ2v) is 6.69. The molecule has 0 radical (unpaired) electrons. The van der Waals surface area contributed by atoms with E-state index in [1.54, 1.807) is 6.07 Å². The second-order valence-electron chi connectivity index (χ2n) is 3.73. The number of pyridine rings is 1. The van der Waals surface area contributed by atoms with Gasteiger partial charge in [-0.15, -0.1) is 0 Å². The molecule has 18 heavy (non-hydrogen) atoms. The summed E-state index contributed by atoms with van der Waals surface area (Å²) in [5, 5.41) is 0. The lowest BCUT2D eigenvalue weighted by molar-refractivity contribution is 0.463. The predicted molar refractivity (Wildman–Crippen MR) is 69.3 cm³/mol. The minimum absolute atomic E-state index is 0.155. The number of hydrogen-bond donors (Lipinski definition) is 0. The van der Waals surface area contributed by atoms with Gasteiger partial charge in [-0.1, -0.05) is 0 Å². The van der Waals surface area contributed by atoms with Gasteiger partial charge in [0.2, 0.25) is 10.0 Å². The van der Waals surface area contributed by atoms with Gasteiger partial charge in [-0.2, -0.15) is 4.31 Å². The Morgan fingerprint density at radius 3 is 2.83 bits per heavy atom. The van der Waals surface area contributed by atoms with Crippen LogP contribution in [0, 0.1) is 0 Å². The number of furan rings is 1. The first-order valence-electron chi connectivity index (χ1n) is 5.08. The van der Waals surface area contributed by atoms with Crippen molar-refractivity contribution in [3.05, 3.63) is 47.1 Å². The summed E-state index contributed by atoms with van der Waals surface area (Å²) < 4.78 is 31.3. The molecule has 0 aromatic carbocycles. The average Bonchev–Trinajstić information content (AvgIpc) is 2.81. The van der Waals surface area contributed by atoms with Crippen molar-refractivity contribution in [2.75, 3.05) is 7.05 Å². The number of rotatable bonds is 4. The Kier molecular flexibility index (Phi) is 3.84. The SMILES string of the molecule is CN(Cc1ccoc1)S(=O)(=O)c1cncc(Br)c1. The zero-order valence-electron chi connectivity index (χ0n) is 9.58. The van der Waals surface area contributed by atoms with Crippen LogP contribution in [0.3, 0.4) is 0 Å². The Morgan fingerprint density at radius 2 is 2.22 bits per heavy atom. The largest absolute Gasteiger partial charge is 0.472 e. The van der Waals surface area contributed by atoms with Crippen molar-refractivity contribution in [2.24, 2.45) is 0 Å². The highest BCUT2D eigenvalue weighted by molar-refractivity contribution is 9.10. The number of halogens is 1. The topological polar surface area (TPSA) is 63.4 Å². The summed E-state index contributed by atoms with van der Waals surface area (Å²) in [5.74, 6) is 0. The van der Waals surface area contributed by atoms with Crippen molar-refractivity contribution in [3.63, 3.8) is 0 Å². The van der Waals surface area contributed by atoms with Gasteiger partial charge in [-0.05, 0) is 28.1 Å². The lowest BCUT2D eigenvalue weighted by Crippen LogP contribution is -2.26. The van der Waals surface area contributed by atoms with Gasteiger partial charge < -0.3 is 4.42 Å². The molecule has 0 N–H and O–H groups in total. The summed E-state index contributed by atoms with van der Waals surface area (Å²) >= 11 is 3.20. The molecule has 0 saturated carbocycles. The fourth-order valence-corrected chi connectivity index (χ4v) is 3.10. The summed E-state index contributed by atoms with van der Waals surface area (Å²) in [6.45, 7) is 0.255. The average molecular weight is 331 g/mol. The molecular weight excluding hydrogens is 320 g/mol. The Labute approximate surface area is 114 Å². The fraction of sp³-hybridized carbons (Fsp3) is 0.182. The molecule has 0 spiro atoms. The molecule has 0 unspecified atom stereocenters. The van der Waals surface area contributed by atoms with Crippen molar-refractivity contribution < 1.29 is 12.8 Å². The van der Waals surface area contributed by atoms with Crippen LogP contribution in [0.2, 0.25) is 0 Å². The van der Waals surface area contributed by atoms with Crippen molar-refractivity contribution in [3.8, 4) is 0 Å². The highest BCUT2D eigenvalue weighted by atomic mass is 79.9. The third-order valence-electron chi connectivity index (χ3n) is 2.37. The monoisotopic (exact) mass is 330 g/mol. The molecule has 2 aromatic rings. The van der Waals surface area contributed by atoms with Gasteiger partial charge in [-0.3, -0.25) is 4.98 Å². The van der Waals surface area contributed by atoms with E-state index in [0.29, 0.717) is 4.47 Å². The van der Waals surface area contributed by atoms with Crippen LogP contribution >= 0.6 is 15.9 Å². The molecule has 0 fully saturated rings. The third kappa shape index (κ3) is 2.80. The van der Waals surface area contributed by atoms with E-state index < -0.39 is 10.0 Å². The van der Waals surface area contributed by atoms with Gasteiger partial charge in [0.25, 0.3) is 0 Å². The summed E-state index contributed by atoms with van der Waals surface area (Å²) in [5.41, 5.74) is 0.795. The van der Waals surface area contributed by atoms with Crippen LogP contribution in [0.25, 0.3) is 0 Å². The lowest BCUT2D eigenvalue weighted by Gasteiger charge is -2.16. The van der Waals surface area contributed by atoms with E-state index in [1.807, 2.05) is 0 Å². The number of aromatic nitrogens is 1. The maximum Gasteiger partial charge on any atom is 0.244 e. The maximum absolute atomic E-state index is 12.2. The molecule has 2 rings (SSSR count). The van der Waals surface area contributed by atoms with Gasteiger partial charge in [0.1, 0.15) is 4.90 Å². The Morgan fingerprint density at radius 1 is 1.44 bits per heavy atom. The molecule has 0 atom stereocenters. The van der Waals surface area contributed by atoms with E-state index in [2.05, 4.69) is 20.9 Å². The maximum atomic E-state index is 12.2. The predicted octanol–water partition coefficient (Wildman–Crippen LogP) is 2.26. The first kappa shape index (κ1) is 13.3. The van der Waals surface area contributed by atoms with Crippen LogP contribution in [0.1, 0.15) is 5.56 Å². The second kappa shape index (κ2) is 5.21. The lowest BCUT2D eigenvalue weighted by atomic mass is 10.3.